The van der Waals surface area contributed by atoms with Crippen LogP contribution in [0.2, 0.25) is 0 Å². The van der Waals surface area contributed by atoms with Crippen LogP contribution in [0.15, 0.2) is 18.2 Å². The molecule has 0 amide bonds. The highest BCUT2D eigenvalue weighted by Gasteiger charge is 2.24. The van der Waals surface area contributed by atoms with Crippen molar-refractivity contribution in [1.29, 1.82) is 0 Å². The summed E-state index contributed by atoms with van der Waals surface area (Å²) in [6, 6.07) is 4.54. The van der Waals surface area contributed by atoms with E-state index < -0.39 is 10.9 Å². The van der Waals surface area contributed by atoms with E-state index in [0.717, 1.165) is 19.3 Å². The van der Waals surface area contributed by atoms with Gasteiger partial charge in [-0.2, -0.15) is 0 Å². The fourth-order valence-corrected chi connectivity index (χ4v) is 2.78. The first-order valence-corrected chi connectivity index (χ1v) is 7.16. The number of ether oxygens (including phenoxy) is 1. The third kappa shape index (κ3) is 3.51. The van der Waals surface area contributed by atoms with Crippen molar-refractivity contribution in [2.75, 3.05) is 12.4 Å². The van der Waals surface area contributed by atoms with Crippen LogP contribution in [-0.4, -0.2) is 24.0 Å². The average molecular weight is 292 g/mol. The predicted octanol–water partition coefficient (Wildman–Crippen LogP) is 3.37. The Kier molecular flexibility index (Phi) is 4.77. The van der Waals surface area contributed by atoms with E-state index >= 15 is 0 Å². The van der Waals surface area contributed by atoms with E-state index in [1.165, 1.54) is 25.7 Å². The maximum atomic E-state index is 11.8. The molecule has 0 heterocycles. The standard InChI is InChI=1S/C15H20N2O4/c1-10-5-3-4-6-13(10)16-14-8-7-11(17(19)20)9-12(14)15(18)21-2/h7-10,13,16H,3-6H2,1-2H3/t10-,13-/m1/s1. The van der Waals surface area contributed by atoms with Gasteiger partial charge in [0.15, 0.2) is 0 Å². The Labute approximate surface area is 123 Å². The maximum absolute atomic E-state index is 11.8. The molecule has 0 aliphatic heterocycles. The smallest absolute Gasteiger partial charge is 0.340 e. The third-order valence-corrected chi connectivity index (χ3v) is 4.07. The summed E-state index contributed by atoms with van der Waals surface area (Å²) in [6.07, 6.45) is 4.57. The molecule has 1 aromatic rings. The lowest BCUT2D eigenvalue weighted by molar-refractivity contribution is -0.384. The highest BCUT2D eigenvalue weighted by atomic mass is 16.6. The lowest BCUT2D eigenvalue weighted by Crippen LogP contribution is -2.31. The van der Waals surface area contributed by atoms with E-state index in [0.29, 0.717) is 11.6 Å². The van der Waals surface area contributed by atoms with Crippen molar-refractivity contribution in [2.24, 2.45) is 5.92 Å². The van der Waals surface area contributed by atoms with Crippen LogP contribution in [-0.2, 0) is 4.74 Å². The van der Waals surface area contributed by atoms with E-state index in [9.17, 15) is 14.9 Å². The van der Waals surface area contributed by atoms with Gasteiger partial charge >= 0.3 is 5.97 Å². The molecule has 0 bridgehead atoms. The monoisotopic (exact) mass is 292 g/mol. The van der Waals surface area contributed by atoms with Gasteiger partial charge in [-0.05, 0) is 24.8 Å². The molecule has 2 atom stereocenters. The van der Waals surface area contributed by atoms with Crippen molar-refractivity contribution >= 4 is 17.3 Å². The number of benzene rings is 1. The minimum atomic E-state index is -0.565. The van der Waals surface area contributed by atoms with Crippen LogP contribution < -0.4 is 5.32 Å². The summed E-state index contributed by atoms with van der Waals surface area (Å²) in [5.41, 5.74) is 0.702. The largest absolute Gasteiger partial charge is 0.465 e. The van der Waals surface area contributed by atoms with E-state index in [1.54, 1.807) is 6.07 Å². The number of anilines is 1. The van der Waals surface area contributed by atoms with Crippen LogP contribution in [0, 0.1) is 16.0 Å². The fraction of sp³-hybridized carbons (Fsp3) is 0.533. The van der Waals surface area contributed by atoms with Gasteiger partial charge < -0.3 is 10.1 Å². The van der Waals surface area contributed by atoms with E-state index in [1.807, 2.05) is 0 Å². The molecule has 1 aliphatic rings. The first-order chi connectivity index (χ1) is 10.0. The summed E-state index contributed by atoms with van der Waals surface area (Å²) in [4.78, 5) is 22.2. The minimum Gasteiger partial charge on any atom is -0.465 e. The number of esters is 1. The molecule has 2 rings (SSSR count). The summed E-state index contributed by atoms with van der Waals surface area (Å²) in [5, 5.41) is 14.2. The lowest BCUT2D eigenvalue weighted by Gasteiger charge is -2.30. The molecular weight excluding hydrogens is 272 g/mol. The Morgan fingerprint density at radius 2 is 2.10 bits per heavy atom. The minimum absolute atomic E-state index is 0.113. The van der Waals surface area contributed by atoms with Gasteiger partial charge in [-0.3, -0.25) is 10.1 Å². The van der Waals surface area contributed by atoms with Crippen LogP contribution in [0.4, 0.5) is 11.4 Å². The molecule has 1 aromatic carbocycles. The Hall–Kier alpha value is -2.11. The van der Waals surface area contributed by atoms with Crippen molar-refractivity contribution in [2.45, 2.75) is 38.6 Å². The molecule has 1 N–H and O–H groups in total. The number of rotatable bonds is 4. The van der Waals surface area contributed by atoms with Gasteiger partial charge in [0.05, 0.1) is 17.6 Å². The summed E-state index contributed by atoms with van der Waals surface area (Å²) in [5.74, 6) is -0.0518. The number of non-ortho nitro benzene ring substituents is 1. The lowest BCUT2D eigenvalue weighted by atomic mass is 9.85. The molecule has 114 valence electrons. The third-order valence-electron chi connectivity index (χ3n) is 4.07. The maximum Gasteiger partial charge on any atom is 0.340 e. The zero-order valence-electron chi connectivity index (χ0n) is 12.3. The normalized spacial score (nSPS) is 21.6. The number of methoxy groups -OCH3 is 1. The van der Waals surface area contributed by atoms with E-state index in [-0.39, 0.29) is 17.3 Å². The molecule has 1 fully saturated rings. The van der Waals surface area contributed by atoms with Gasteiger partial charge in [0.25, 0.3) is 5.69 Å². The molecule has 0 saturated heterocycles. The Bertz CT molecular complexity index is 544. The average Bonchev–Trinajstić information content (AvgIpc) is 2.49. The van der Waals surface area contributed by atoms with Crippen molar-refractivity contribution in [3.8, 4) is 0 Å². The van der Waals surface area contributed by atoms with Crippen molar-refractivity contribution in [3.63, 3.8) is 0 Å². The highest BCUT2D eigenvalue weighted by Crippen LogP contribution is 2.29. The van der Waals surface area contributed by atoms with Gasteiger partial charge in [0, 0.05) is 23.9 Å². The van der Waals surface area contributed by atoms with Crippen molar-refractivity contribution in [3.05, 3.63) is 33.9 Å². The fourth-order valence-electron chi connectivity index (χ4n) is 2.78. The number of hydrogen-bond donors (Lipinski definition) is 1. The Balaban J connectivity index is 2.29. The number of nitrogens with zero attached hydrogens (tertiary/aromatic N) is 1. The molecule has 1 aliphatic carbocycles. The molecule has 0 radical (unpaired) electrons. The summed E-state index contributed by atoms with van der Waals surface area (Å²) in [6.45, 7) is 2.18. The number of nitro benzene ring substituents is 1. The van der Waals surface area contributed by atoms with Crippen LogP contribution in [0.5, 0.6) is 0 Å². The van der Waals surface area contributed by atoms with Crippen LogP contribution >= 0.6 is 0 Å². The van der Waals surface area contributed by atoms with Crippen LogP contribution in [0.3, 0.4) is 0 Å². The predicted molar refractivity (Wildman–Crippen MR) is 79.5 cm³/mol. The second-order valence-corrected chi connectivity index (χ2v) is 5.49. The Morgan fingerprint density at radius 1 is 1.38 bits per heavy atom. The zero-order chi connectivity index (χ0) is 15.4. The Morgan fingerprint density at radius 3 is 2.71 bits per heavy atom. The van der Waals surface area contributed by atoms with Crippen molar-refractivity contribution < 1.29 is 14.5 Å². The summed E-state index contributed by atoms with van der Waals surface area (Å²) in [7, 11) is 1.27. The molecule has 1 saturated carbocycles. The number of nitro groups is 1. The molecule has 6 heteroatoms. The first kappa shape index (κ1) is 15.3. The van der Waals surface area contributed by atoms with E-state index in [4.69, 9.17) is 4.74 Å². The van der Waals surface area contributed by atoms with Crippen LogP contribution in [0.1, 0.15) is 43.0 Å². The number of nitrogens with one attached hydrogen (secondary N) is 1. The molecule has 21 heavy (non-hydrogen) atoms. The molecule has 0 aromatic heterocycles. The molecule has 0 spiro atoms. The first-order valence-electron chi connectivity index (χ1n) is 7.16. The highest BCUT2D eigenvalue weighted by molar-refractivity contribution is 5.96. The molecular formula is C15H20N2O4. The second-order valence-electron chi connectivity index (χ2n) is 5.49. The molecule has 0 unspecified atom stereocenters. The van der Waals surface area contributed by atoms with Gasteiger partial charge in [-0.15, -0.1) is 0 Å². The number of carbonyl (C=O) groups excluding carboxylic acids is 1. The van der Waals surface area contributed by atoms with Crippen molar-refractivity contribution in [1.82, 2.24) is 0 Å². The summed E-state index contributed by atoms with van der Waals surface area (Å²) >= 11 is 0. The second kappa shape index (κ2) is 6.56. The zero-order valence-corrected chi connectivity index (χ0v) is 12.3. The SMILES string of the molecule is COC(=O)c1cc([N+](=O)[O-])ccc1N[C@@H]1CCCC[C@H]1C. The van der Waals surface area contributed by atoms with Gasteiger partial charge in [0.2, 0.25) is 0 Å². The van der Waals surface area contributed by atoms with E-state index in [2.05, 4.69) is 12.2 Å². The van der Waals surface area contributed by atoms with Gasteiger partial charge in [0.1, 0.15) is 0 Å². The van der Waals surface area contributed by atoms with Gasteiger partial charge in [-0.25, -0.2) is 4.79 Å². The van der Waals surface area contributed by atoms with Crippen LogP contribution in [0.25, 0.3) is 0 Å². The van der Waals surface area contributed by atoms with Gasteiger partial charge in [-0.1, -0.05) is 19.8 Å². The number of carbonyl (C=O) groups is 1. The summed E-state index contributed by atoms with van der Waals surface area (Å²) < 4.78 is 4.73. The number of hydrogen-bond acceptors (Lipinski definition) is 5. The topological polar surface area (TPSA) is 81.5 Å². The quantitative estimate of drug-likeness (QED) is 0.522. The molecule has 6 nitrogen and oxygen atoms in total.